The molecule has 1 heteroatoms. The molecule has 0 fully saturated rings. The molecule has 0 bridgehead atoms. The summed E-state index contributed by atoms with van der Waals surface area (Å²) in [6.45, 7) is 11.0. The fourth-order valence-corrected chi connectivity index (χ4v) is 3.41. The largest absolute Gasteiger partial charge is 0.282 e. The average Bonchev–Trinajstić information content (AvgIpc) is 2.42. The Morgan fingerprint density at radius 3 is 2.73 bits per heavy atom. The number of nitrogens with zero attached hydrogens (tertiary/aromatic N) is 1. The van der Waals surface area contributed by atoms with Gasteiger partial charge in [-0.25, -0.2) is 0 Å². The topological polar surface area (TPSA) is 12.4 Å². The minimum atomic E-state index is 0.320. The first-order chi connectivity index (χ1) is 10.5. The number of hydrogen-bond donors (Lipinski definition) is 0. The van der Waals surface area contributed by atoms with Gasteiger partial charge in [-0.1, -0.05) is 49.0 Å². The van der Waals surface area contributed by atoms with Gasteiger partial charge < -0.3 is 0 Å². The van der Waals surface area contributed by atoms with Crippen LogP contribution in [0, 0.1) is 11.8 Å². The normalized spacial score (nSPS) is 30.3. The SMILES string of the molecule is CCC=CC1/C=C\C=C/C(=NC(C)C)C2=C(C)C=C(C)CC21. The van der Waals surface area contributed by atoms with Crippen molar-refractivity contribution < 1.29 is 0 Å². The quantitative estimate of drug-likeness (QED) is 0.581. The van der Waals surface area contributed by atoms with E-state index in [9.17, 15) is 0 Å². The van der Waals surface area contributed by atoms with Crippen molar-refractivity contribution in [2.75, 3.05) is 0 Å². The Hall–Kier alpha value is -1.63. The molecule has 2 aliphatic rings. The summed E-state index contributed by atoms with van der Waals surface area (Å²) >= 11 is 0. The second-order valence-electron chi connectivity index (χ2n) is 6.66. The van der Waals surface area contributed by atoms with Crippen molar-refractivity contribution in [3.63, 3.8) is 0 Å². The molecule has 0 amide bonds. The molecule has 0 saturated heterocycles. The fraction of sp³-hybridized carbons (Fsp3) is 0.476. The molecule has 0 aromatic carbocycles. The Morgan fingerprint density at radius 2 is 2.05 bits per heavy atom. The van der Waals surface area contributed by atoms with Crippen LogP contribution in [0.1, 0.15) is 47.5 Å². The van der Waals surface area contributed by atoms with E-state index in [0.29, 0.717) is 17.9 Å². The lowest BCUT2D eigenvalue weighted by molar-refractivity contribution is 0.525. The standard InChI is InChI=1S/C21H29N/c1-6-7-10-18-11-8-9-12-20(22-15(2)3)21-17(5)13-16(4)14-19(18)21/h7-13,15,18-19H,6,14H2,1-5H3/b10-7?,11-8-,12-9-,22-20?. The monoisotopic (exact) mass is 295 g/mol. The minimum Gasteiger partial charge on any atom is -0.282 e. The van der Waals surface area contributed by atoms with Crippen molar-refractivity contribution in [1.29, 1.82) is 0 Å². The highest BCUT2D eigenvalue weighted by atomic mass is 14.8. The van der Waals surface area contributed by atoms with E-state index in [-0.39, 0.29) is 0 Å². The van der Waals surface area contributed by atoms with Gasteiger partial charge in [-0.2, -0.15) is 0 Å². The molecule has 0 aromatic heterocycles. The lowest BCUT2D eigenvalue weighted by atomic mass is 9.73. The lowest BCUT2D eigenvalue weighted by Crippen LogP contribution is -2.24. The van der Waals surface area contributed by atoms with Crippen molar-refractivity contribution in [3.8, 4) is 0 Å². The molecule has 2 unspecified atom stereocenters. The predicted molar refractivity (Wildman–Crippen MR) is 98.3 cm³/mol. The summed E-state index contributed by atoms with van der Waals surface area (Å²) in [6.07, 6.45) is 18.0. The molecule has 0 N–H and O–H groups in total. The first-order valence-corrected chi connectivity index (χ1v) is 8.50. The smallest absolute Gasteiger partial charge is 0.0615 e. The van der Waals surface area contributed by atoms with Crippen LogP contribution in [0.2, 0.25) is 0 Å². The van der Waals surface area contributed by atoms with Gasteiger partial charge in [0.15, 0.2) is 0 Å². The maximum atomic E-state index is 4.90. The molecule has 0 saturated carbocycles. The Balaban J connectivity index is 2.55. The summed E-state index contributed by atoms with van der Waals surface area (Å²) in [5.74, 6) is 0.961. The van der Waals surface area contributed by atoms with Gasteiger partial charge >= 0.3 is 0 Å². The maximum absolute atomic E-state index is 4.90. The molecule has 118 valence electrons. The molecule has 0 radical (unpaired) electrons. The molecular weight excluding hydrogens is 266 g/mol. The third-order valence-electron chi connectivity index (χ3n) is 4.23. The molecule has 0 aliphatic heterocycles. The van der Waals surface area contributed by atoms with Crippen LogP contribution < -0.4 is 0 Å². The number of allylic oxidation sites excluding steroid dienone is 10. The van der Waals surface area contributed by atoms with E-state index >= 15 is 0 Å². The van der Waals surface area contributed by atoms with Gasteiger partial charge in [-0.15, -0.1) is 0 Å². The van der Waals surface area contributed by atoms with Crippen LogP contribution in [-0.2, 0) is 0 Å². The van der Waals surface area contributed by atoms with Gasteiger partial charge in [0.05, 0.1) is 5.71 Å². The van der Waals surface area contributed by atoms with Crippen LogP contribution >= 0.6 is 0 Å². The maximum Gasteiger partial charge on any atom is 0.0615 e. The van der Waals surface area contributed by atoms with Crippen molar-refractivity contribution in [2.45, 2.75) is 53.5 Å². The third-order valence-corrected chi connectivity index (χ3v) is 4.23. The zero-order valence-corrected chi connectivity index (χ0v) is 14.6. The number of fused-ring (bicyclic) bond motifs is 1. The van der Waals surface area contributed by atoms with Crippen molar-refractivity contribution in [1.82, 2.24) is 0 Å². The van der Waals surface area contributed by atoms with Crippen LogP contribution in [0.25, 0.3) is 0 Å². The third kappa shape index (κ3) is 3.97. The van der Waals surface area contributed by atoms with Crippen LogP contribution in [0.5, 0.6) is 0 Å². The Labute approximate surface area is 135 Å². The molecule has 2 atom stereocenters. The highest BCUT2D eigenvalue weighted by Crippen LogP contribution is 2.38. The predicted octanol–water partition coefficient (Wildman–Crippen LogP) is 5.83. The highest BCUT2D eigenvalue weighted by molar-refractivity contribution is 6.10. The summed E-state index contributed by atoms with van der Waals surface area (Å²) in [4.78, 5) is 4.90. The molecule has 0 heterocycles. The van der Waals surface area contributed by atoms with Crippen molar-refractivity contribution in [2.24, 2.45) is 16.8 Å². The van der Waals surface area contributed by atoms with Crippen LogP contribution in [-0.4, -0.2) is 11.8 Å². The van der Waals surface area contributed by atoms with Gasteiger partial charge in [-0.05, 0) is 63.7 Å². The van der Waals surface area contributed by atoms with E-state index in [1.807, 2.05) is 0 Å². The highest BCUT2D eigenvalue weighted by Gasteiger charge is 2.28. The Kier molecular flexibility index (Phi) is 5.76. The average molecular weight is 295 g/mol. The Morgan fingerprint density at radius 1 is 1.27 bits per heavy atom. The van der Waals surface area contributed by atoms with Crippen molar-refractivity contribution >= 4 is 5.71 Å². The molecule has 0 aromatic rings. The van der Waals surface area contributed by atoms with Gasteiger partial charge in [0.25, 0.3) is 0 Å². The Bertz CT molecular complexity index is 579. The number of hydrogen-bond acceptors (Lipinski definition) is 1. The molecular formula is C21H29N. The van der Waals surface area contributed by atoms with Crippen LogP contribution in [0.3, 0.4) is 0 Å². The van der Waals surface area contributed by atoms with Gasteiger partial charge in [0.1, 0.15) is 0 Å². The van der Waals surface area contributed by atoms with Crippen molar-refractivity contribution in [3.05, 3.63) is 59.3 Å². The first kappa shape index (κ1) is 16.7. The zero-order valence-electron chi connectivity index (χ0n) is 14.6. The van der Waals surface area contributed by atoms with Crippen LogP contribution in [0.4, 0.5) is 0 Å². The van der Waals surface area contributed by atoms with E-state index in [1.54, 1.807) is 0 Å². The summed E-state index contributed by atoms with van der Waals surface area (Å²) < 4.78 is 0. The van der Waals surface area contributed by atoms with Gasteiger partial charge in [-0.3, -0.25) is 4.99 Å². The molecule has 2 aliphatic carbocycles. The molecule has 0 spiro atoms. The number of rotatable bonds is 3. The lowest BCUT2D eigenvalue weighted by Gasteiger charge is -2.32. The van der Waals surface area contributed by atoms with E-state index in [2.05, 4.69) is 77.2 Å². The van der Waals surface area contributed by atoms with Gasteiger partial charge in [0, 0.05) is 12.0 Å². The number of aliphatic imine (C=N–C) groups is 1. The first-order valence-electron chi connectivity index (χ1n) is 8.50. The minimum absolute atomic E-state index is 0.320. The van der Waals surface area contributed by atoms with E-state index in [0.717, 1.165) is 12.8 Å². The van der Waals surface area contributed by atoms with E-state index in [4.69, 9.17) is 4.99 Å². The van der Waals surface area contributed by atoms with Gasteiger partial charge in [0.2, 0.25) is 0 Å². The molecule has 22 heavy (non-hydrogen) atoms. The summed E-state index contributed by atoms with van der Waals surface area (Å²) in [5, 5.41) is 0. The second kappa shape index (κ2) is 7.58. The van der Waals surface area contributed by atoms with E-state index in [1.165, 1.54) is 22.4 Å². The van der Waals surface area contributed by atoms with Crippen LogP contribution in [0.15, 0.2) is 64.2 Å². The summed E-state index contributed by atoms with van der Waals surface area (Å²) in [6, 6.07) is 0.320. The molecule has 2 rings (SSSR count). The zero-order chi connectivity index (χ0) is 16.1. The molecule has 1 nitrogen and oxygen atoms in total. The summed E-state index contributed by atoms with van der Waals surface area (Å²) in [7, 11) is 0. The summed E-state index contributed by atoms with van der Waals surface area (Å²) in [5.41, 5.74) is 5.46. The fourth-order valence-electron chi connectivity index (χ4n) is 3.41. The van der Waals surface area contributed by atoms with E-state index < -0.39 is 0 Å². The second-order valence-corrected chi connectivity index (χ2v) is 6.66.